The molecular formula is C15H20N2O4S. The quantitative estimate of drug-likeness (QED) is 0.635. The van der Waals surface area contributed by atoms with Crippen molar-refractivity contribution < 1.29 is 18.0 Å². The molecule has 120 valence electrons. The van der Waals surface area contributed by atoms with Gasteiger partial charge in [0.1, 0.15) is 0 Å². The molecule has 0 aliphatic heterocycles. The topological polar surface area (TPSA) is 98.8 Å². The Morgan fingerprint density at radius 1 is 1.27 bits per heavy atom. The highest BCUT2D eigenvalue weighted by Crippen LogP contribution is 2.29. The van der Waals surface area contributed by atoms with E-state index in [4.69, 9.17) is 10.6 Å². The van der Waals surface area contributed by atoms with E-state index in [0.29, 0.717) is 10.6 Å². The summed E-state index contributed by atoms with van der Waals surface area (Å²) < 4.78 is 24.9. The predicted molar refractivity (Wildman–Crippen MR) is 83.2 cm³/mol. The summed E-state index contributed by atoms with van der Waals surface area (Å²) in [5.41, 5.74) is 6.22. The first kappa shape index (κ1) is 16.5. The highest BCUT2D eigenvalue weighted by atomic mass is 32.2. The van der Waals surface area contributed by atoms with E-state index < -0.39 is 15.7 Å². The normalized spacial score (nSPS) is 16.7. The Hall–Kier alpha value is -1.89. The Kier molecular flexibility index (Phi) is 5.18. The number of carbonyl (C=O) groups excluding carboxylic acids is 1. The minimum atomic E-state index is -3.24. The Bertz CT molecular complexity index is 659. The van der Waals surface area contributed by atoms with Gasteiger partial charge < -0.3 is 10.6 Å². The van der Waals surface area contributed by atoms with Gasteiger partial charge in [-0.15, -0.1) is 0 Å². The first-order chi connectivity index (χ1) is 10.4. The van der Waals surface area contributed by atoms with Gasteiger partial charge in [-0.3, -0.25) is 4.79 Å². The van der Waals surface area contributed by atoms with E-state index in [1.165, 1.54) is 0 Å². The van der Waals surface area contributed by atoms with Crippen LogP contribution in [0.5, 0.6) is 0 Å². The van der Waals surface area contributed by atoms with Crippen molar-refractivity contribution in [3.63, 3.8) is 0 Å². The fraction of sp³-hybridized carbons (Fsp3) is 0.467. The molecule has 0 aromatic heterocycles. The van der Waals surface area contributed by atoms with Crippen molar-refractivity contribution in [2.45, 2.75) is 42.8 Å². The summed E-state index contributed by atoms with van der Waals surface area (Å²) in [5.74, 6) is -0.602. The van der Waals surface area contributed by atoms with E-state index in [9.17, 15) is 13.2 Å². The van der Waals surface area contributed by atoms with Crippen molar-refractivity contribution in [2.24, 2.45) is 10.9 Å². The van der Waals surface area contributed by atoms with Crippen molar-refractivity contribution in [2.75, 3.05) is 6.61 Å². The van der Waals surface area contributed by atoms with Gasteiger partial charge in [0.2, 0.25) is 0 Å². The number of primary amides is 1. The van der Waals surface area contributed by atoms with Crippen LogP contribution in [-0.4, -0.2) is 31.9 Å². The maximum atomic E-state index is 12.5. The molecule has 22 heavy (non-hydrogen) atoms. The number of carbonyl (C=O) groups is 1. The summed E-state index contributed by atoms with van der Waals surface area (Å²) in [6, 6.07) is 6.56. The third-order valence-corrected chi connectivity index (χ3v) is 6.03. The van der Waals surface area contributed by atoms with E-state index in [-0.39, 0.29) is 11.9 Å². The Balaban J connectivity index is 2.11. The number of rotatable bonds is 6. The van der Waals surface area contributed by atoms with Crippen LogP contribution in [0.1, 0.15) is 38.2 Å². The van der Waals surface area contributed by atoms with E-state index in [1.807, 2.05) is 0 Å². The van der Waals surface area contributed by atoms with Crippen molar-refractivity contribution >= 4 is 21.5 Å². The van der Waals surface area contributed by atoms with Gasteiger partial charge in [-0.05, 0) is 37.5 Å². The van der Waals surface area contributed by atoms with E-state index in [0.717, 1.165) is 31.2 Å². The van der Waals surface area contributed by atoms with Crippen LogP contribution in [0, 0.1) is 0 Å². The molecule has 1 aliphatic rings. The zero-order valence-corrected chi connectivity index (χ0v) is 13.3. The van der Waals surface area contributed by atoms with Crippen LogP contribution < -0.4 is 5.73 Å². The first-order valence-electron chi connectivity index (χ1n) is 7.20. The number of hydrogen-bond donors (Lipinski definition) is 1. The maximum Gasteiger partial charge on any atom is 0.258 e. The van der Waals surface area contributed by atoms with Crippen LogP contribution in [0.15, 0.2) is 34.3 Å². The largest absolute Gasteiger partial charge is 0.385 e. The van der Waals surface area contributed by atoms with Crippen molar-refractivity contribution in [3.8, 4) is 0 Å². The maximum absolute atomic E-state index is 12.5. The highest BCUT2D eigenvalue weighted by Gasteiger charge is 2.30. The second-order valence-corrected chi connectivity index (χ2v) is 7.62. The smallest absolute Gasteiger partial charge is 0.258 e. The van der Waals surface area contributed by atoms with Crippen LogP contribution in [0.3, 0.4) is 0 Å². The third kappa shape index (κ3) is 3.85. The molecule has 0 spiro atoms. The predicted octanol–water partition coefficient (Wildman–Crippen LogP) is 1.63. The number of nitrogens with zero attached hydrogens (tertiary/aromatic N) is 1. The number of nitrogens with two attached hydrogens (primary N) is 1. The molecule has 0 saturated heterocycles. The molecule has 1 amide bonds. The average molecular weight is 324 g/mol. The molecule has 2 N–H and O–H groups in total. The van der Waals surface area contributed by atoms with Gasteiger partial charge in [0.25, 0.3) is 5.91 Å². The van der Waals surface area contributed by atoms with Crippen LogP contribution in [0.25, 0.3) is 0 Å². The molecule has 0 atom stereocenters. The second-order valence-electron chi connectivity index (χ2n) is 5.39. The fourth-order valence-electron chi connectivity index (χ4n) is 2.52. The molecule has 6 nitrogen and oxygen atoms in total. The minimum absolute atomic E-state index is 0.257. The second kappa shape index (κ2) is 6.91. The van der Waals surface area contributed by atoms with Crippen LogP contribution in [0.4, 0.5) is 0 Å². The molecular weight excluding hydrogens is 304 g/mol. The molecule has 1 aliphatic carbocycles. The van der Waals surface area contributed by atoms with Crippen LogP contribution in [-0.2, 0) is 19.5 Å². The lowest BCUT2D eigenvalue weighted by Crippen LogP contribution is -2.18. The van der Waals surface area contributed by atoms with Gasteiger partial charge >= 0.3 is 0 Å². The summed E-state index contributed by atoms with van der Waals surface area (Å²) in [5, 5.41) is 3.51. The van der Waals surface area contributed by atoms with Gasteiger partial charge in [-0.25, -0.2) is 8.42 Å². The van der Waals surface area contributed by atoms with Gasteiger partial charge in [-0.2, -0.15) is 0 Å². The van der Waals surface area contributed by atoms with Gasteiger partial charge in [0.05, 0.1) is 15.9 Å². The summed E-state index contributed by atoms with van der Waals surface area (Å²) in [6.45, 7) is 1.42. The lowest BCUT2D eigenvalue weighted by Gasteiger charge is -2.11. The van der Waals surface area contributed by atoms with Gasteiger partial charge in [0, 0.05) is 0 Å². The van der Waals surface area contributed by atoms with Crippen molar-refractivity contribution in [3.05, 3.63) is 29.8 Å². The van der Waals surface area contributed by atoms with E-state index >= 15 is 0 Å². The monoisotopic (exact) mass is 324 g/mol. The zero-order chi connectivity index (χ0) is 16.2. The Labute approximate surface area is 130 Å². The first-order valence-corrected chi connectivity index (χ1v) is 8.75. The molecule has 7 heteroatoms. The number of benzene rings is 1. The van der Waals surface area contributed by atoms with Gasteiger partial charge in [-0.1, -0.05) is 30.1 Å². The molecule has 0 radical (unpaired) electrons. The van der Waals surface area contributed by atoms with Crippen molar-refractivity contribution in [1.29, 1.82) is 0 Å². The summed E-state index contributed by atoms with van der Waals surface area (Å²) in [6.07, 6.45) is 3.44. The molecule has 2 rings (SSSR count). The number of sulfone groups is 1. The lowest BCUT2D eigenvalue weighted by atomic mass is 10.1. The molecule has 1 aromatic carbocycles. The fourth-order valence-corrected chi connectivity index (χ4v) is 4.38. The summed E-state index contributed by atoms with van der Waals surface area (Å²) >= 11 is 0. The minimum Gasteiger partial charge on any atom is -0.385 e. The standard InChI is InChI=1S/C15H20N2O4S/c1-11(17-21-10-15(16)18)12-6-8-14(9-7-12)22(19,20)13-4-2-3-5-13/h6-9,13H,2-5,10H2,1H3,(H2,16,18)/b17-11+. The van der Waals surface area contributed by atoms with Gasteiger partial charge in [0.15, 0.2) is 16.4 Å². The third-order valence-electron chi connectivity index (χ3n) is 3.75. The Morgan fingerprint density at radius 2 is 1.86 bits per heavy atom. The molecule has 0 heterocycles. The van der Waals surface area contributed by atoms with E-state index in [2.05, 4.69) is 5.16 Å². The molecule has 1 fully saturated rings. The molecule has 1 aromatic rings. The van der Waals surface area contributed by atoms with Crippen molar-refractivity contribution in [1.82, 2.24) is 0 Å². The van der Waals surface area contributed by atoms with Crippen LogP contribution >= 0.6 is 0 Å². The van der Waals surface area contributed by atoms with E-state index in [1.54, 1.807) is 31.2 Å². The summed E-state index contributed by atoms with van der Waals surface area (Å²) in [7, 11) is -3.24. The average Bonchev–Trinajstić information content (AvgIpc) is 3.02. The summed E-state index contributed by atoms with van der Waals surface area (Å²) in [4.78, 5) is 15.7. The SMILES string of the molecule is C/C(=N\OCC(N)=O)c1ccc(S(=O)(=O)C2CCCC2)cc1. The van der Waals surface area contributed by atoms with Crippen LogP contribution in [0.2, 0.25) is 0 Å². The number of hydrogen-bond acceptors (Lipinski definition) is 5. The Morgan fingerprint density at radius 3 is 2.41 bits per heavy atom. The molecule has 1 saturated carbocycles. The molecule has 0 bridgehead atoms. The highest BCUT2D eigenvalue weighted by molar-refractivity contribution is 7.92. The molecule has 0 unspecified atom stereocenters. The number of amides is 1. The number of oxime groups is 1. The lowest BCUT2D eigenvalue weighted by molar-refractivity contribution is -0.122. The zero-order valence-electron chi connectivity index (χ0n) is 12.5.